The number of halogens is 1. The summed E-state index contributed by atoms with van der Waals surface area (Å²) in [5, 5.41) is 10.1. The number of rotatable bonds is 11. The molecule has 0 aliphatic rings. The highest BCUT2D eigenvalue weighted by molar-refractivity contribution is 14.0. The zero-order valence-electron chi connectivity index (χ0n) is 16.5. The molecule has 0 saturated heterocycles. The lowest BCUT2D eigenvalue weighted by atomic mass is 10.2. The van der Waals surface area contributed by atoms with Gasteiger partial charge in [0.25, 0.3) is 0 Å². The van der Waals surface area contributed by atoms with Crippen molar-refractivity contribution in [1.29, 1.82) is 0 Å². The lowest BCUT2D eigenvalue weighted by Gasteiger charge is -2.21. The molecule has 1 atom stereocenters. The standard InChI is InChI=1S/C18H35N5S.HI/c1-6-17-22-16(14-24-17)13-20-18(19-7-2)21-15(5)11-10-12-23(8-3)9-4;/h14-15H,6-13H2,1-5H3,(H2,19,20,21);1H. The van der Waals surface area contributed by atoms with E-state index in [0.29, 0.717) is 12.6 Å². The van der Waals surface area contributed by atoms with Crippen LogP contribution in [0.2, 0.25) is 0 Å². The van der Waals surface area contributed by atoms with Crippen molar-refractivity contribution < 1.29 is 0 Å². The van der Waals surface area contributed by atoms with E-state index in [9.17, 15) is 0 Å². The lowest BCUT2D eigenvalue weighted by molar-refractivity contribution is 0.292. The van der Waals surface area contributed by atoms with E-state index < -0.39 is 0 Å². The normalized spacial score (nSPS) is 12.8. The zero-order chi connectivity index (χ0) is 17.8. The Hall–Kier alpha value is -0.410. The van der Waals surface area contributed by atoms with Gasteiger partial charge >= 0.3 is 0 Å². The maximum absolute atomic E-state index is 4.68. The van der Waals surface area contributed by atoms with E-state index >= 15 is 0 Å². The van der Waals surface area contributed by atoms with Crippen molar-refractivity contribution in [3.05, 3.63) is 16.1 Å². The number of hydrogen-bond acceptors (Lipinski definition) is 4. The SMILES string of the molecule is CCNC(=NCc1csc(CC)n1)NC(C)CCCN(CC)CC.I. The fraction of sp³-hybridized carbons (Fsp3) is 0.778. The second kappa shape index (κ2) is 14.7. The molecule has 0 fully saturated rings. The van der Waals surface area contributed by atoms with Gasteiger partial charge in [-0.15, -0.1) is 35.3 Å². The van der Waals surface area contributed by atoms with Gasteiger partial charge in [0.05, 0.1) is 17.2 Å². The van der Waals surface area contributed by atoms with Crippen molar-refractivity contribution in [2.24, 2.45) is 4.99 Å². The molecule has 1 aromatic rings. The van der Waals surface area contributed by atoms with E-state index in [0.717, 1.165) is 44.1 Å². The smallest absolute Gasteiger partial charge is 0.191 e. The fourth-order valence-corrected chi connectivity index (χ4v) is 3.27. The number of nitrogens with one attached hydrogen (secondary N) is 2. The van der Waals surface area contributed by atoms with Gasteiger partial charge in [-0.1, -0.05) is 20.8 Å². The monoisotopic (exact) mass is 481 g/mol. The van der Waals surface area contributed by atoms with Crippen molar-refractivity contribution in [3.8, 4) is 0 Å². The van der Waals surface area contributed by atoms with E-state index in [2.05, 4.69) is 65.5 Å². The molecule has 5 nitrogen and oxygen atoms in total. The Balaban J connectivity index is 0.00000576. The minimum absolute atomic E-state index is 0. The first kappa shape index (κ1) is 24.6. The summed E-state index contributed by atoms with van der Waals surface area (Å²) in [5.41, 5.74) is 1.06. The molecule has 1 unspecified atom stereocenters. The summed E-state index contributed by atoms with van der Waals surface area (Å²) >= 11 is 1.72. The van der Waals surface area contributed by atoms with Crippen LogP contribution in [0.4, 0.5) is 0 Å². The molecule has 1 heterocycles. The van der Waals surface area contributed by atoms with Crippen LogP contribution in [0.3, 0.4) is 0 Å². The number of aliphatic imine (C=N–C) groups is 1. The first-order chi connectivity index (χ1) is 11.6. The average molecular weight is 481 g/mol. The Morgan fingerprint density at radius 3 is 2.56 bits per heavy atom. The summed E-state index contributed by atoms with van der Waals surface area (Å²) < 4.78 is 0. The highest BCUT2D eigenvalue weighted by atomic mass is 127. The molecule has 0 aromatic carbocycles. The predicted octanol–water partition coefficient (Wildman–Crippen LogP) is 3.89. The van der Waals surface area contributed by atoms with Gasteiger partial charge in [0.15, 0.2) is 5.96 Å². The molecule has 0 spiro atoms. The van der Waals surface area contributed by atoms with Crippen molar-refractivity contribution in [3.63, 3.8) is 0 Å². The van der Waals surface area contributed by atoms with E-state index in [1.165, 1.54) is 18.0 Å². The van der Waals surface area contributed by atoms with Crippen molar-refractivity contribution in [2.75, 3.05) is 26.2 Å². The molecule has 0 saturated carbocycles. The van der Waals surface area contributed by atoms with E-state index in [4.69, 9.17) is 0 Å². The molecule has 2 N–H and O–H groups in total. The summed E-state index contributed by atoms with van der Waals surface area (Å²) in [6, 6.07) is 0.417. The molecule has 25 heavy (non-hydrogen) atoms. The predicted molar refractivity (Wildman–Crippen MR) is 121 cm³/mol. The maximum atomic E-state index is 4.68. The molecule has 0 amide bonds. The lowest BCUT2D eigenvalue weighted by Crippen LogP contribution is -2.42. The third kappa shape index (κ3) is 10.4. The van der Waals surface area contributed by atoms with Gasteiger partial charge < -0.3 is 15.5 Å². The van der Waals surface area contributed by atoms with Crippen LogP contribution in [-0.2, 0) is 13.0 Å². The first-order valence-electron chi connectivity index (χ1n) is 9.33. The third-order valence-electron chi connectivity index (χ3n) is 4.03. The van der Waals surface area contributed by atoms with Crippen LogP contribution in [0.25, 0.3) is 0 Å². The van der Waals surface area contributed by atoms with Gasteiger partial charge in [-0.05, 0) is 52.7 Å². The van der Waals surface area contributed by atoms with E-state index in [1.807, 2.05) is 0 Å². The molecule has 0 aliphatic heterocycles. The van der Waals surface area contributed by atoms with Crippen LogP contribution in [0.5, 0.6) is 0 Å². The van der Waals surface area contributed by atoms with Crippen LogP contribution in [0.1, 0.15) is 58.2 Å². The highest BCUT2D eigenvalue weighted by Gasteiger charge is 2.07. The van der Waals surface area contributed by atoms with Crippen molar-refractivity contribution in [1.82, 2.24) is 20.5 Å². The molecule has 0 aliphatic carbocycles. The highest BCUT2D eigenvalue weighted by Crippen LogP contribution is 2.10. The largest absolute Gasteiger partial charge is 0.357 e. The Labute approximate surface area is 175 Å². The number of nitrogens with zero attached hydrogens (tertiary/aromatic N) is 3. The molecule has 7 heteroatoms. The second-order valence-corrected chi connectivity index (χ2v) is 6.94. The van der Waals surface area contributed by atoms with Gasteiger partial charge in [0.1, 0.15) is 0 Å². The summed E-state index contributed by atoms with van der Waals surface area (Å²) in [6.07, 6.45) is 3.36. The van der Waals surface area contributed by atoms with Crippen LogP contribution in [0.15, 0.2) is 10.4 Å². The quantitative estimate of drug-likeness (QED) is 0.286. The average Bonchev–Trinajstić information content (AvgIpc) is 3.05. The topological polar surface area (TPSA) is 52.6 Å². The van der Waals surface area contributed by atoms with Crippen LogP contribution >= 0.6 is 35.3 Å². The van der Waals surface area contributed by atoms with Gasteiger partial charge in [-0.3, -0.25) is 0 Å². The molecule has 1 rings (SSSR count). The van der Waals surface area contributed by atoms with Crippen LogP contribution < -0.4 is 10.6 Å². The molecule has 1 aromatic heterocycles. The van der Waals surface area contributed by atoms with E-state index in [-0.39, 0.29) is 24.0 Å². The Kier molecular flexibility index (Phi) is 14.5. The number of aromatic nitrogens is 1. The zero-order valence-corrected chi connectivity index (χ0v) is 19.6. The molecular formula is C18H36IN5S. The fourth-order valence-electron chi connectivity index (χ4n) is 2.53. The maximum Gasteiger partial charge on any atom is 0.191 e. The molecule has 0 bridgehead atoms. The third-order valence-corrected chi connectivity index (χ3v) is 5.08. The Bertz CT molecular complexity index is 474. The number of aryl methyl sites for hydroxylation is 1. The molecular weight excluding hydrogens is 445 g/mol. The number of guanidine groups is 1. The van der Waals surface area contributed by atoms with Crippen LogP contribution in [-0.4, -0.2) is 48.1 Å². The van der Waals surface area contributed by atoms with Crippen molar-refractivity contribution >= 4 is 41.3 Å². The summed E-state index contributed by atoms with van der Waals surface area (Å²) in [7, 11) is 0. The van der Waals surface area contributed by atoms with Gasteiger partial charge in [-0.25, -0.2) is 9.98 Å². The van der Waals surface area contributed by atoms with Crippen molar-refractivity contribution in [2.45, 2.75) is 66.5 Å². The Morgan fingerprint density at radius 1 is 1.28 bits per heavy atom. The molecule has 146 valence electrons. The van der Waals surface area contributed by atoms with Crippen LogP contribution in [0, 0.1) is 0 Å². The number of hydrogen-bond donors (Lipinski definition) is 2. The van der Waals surface area contributed by atoms with Gasteiger partial charge in [0, 0.05) is 18.0 Å². The second-order valence-electron chi connectivity index (χ2n) is 6.00. The Morgan fingerprint density at radius 2 is 2.00 bits per heavy atom. The van der Waals surface area contributed by atoms with Gasteiger partial charge in [-0.2, -0.15) is 0 Å². The summed E-state index contributed by atoms with van der Waals surface area (Å²) in [6.45, 7) is 15.9. The summed E-state index contributed by atoms with van der Waals surface area (Å²) in [4.78, 5) is 11.7. The number of thiazole rings is 1. The minimum atomic E-state index is 0. The first-order valence-corrected chi connectivity index (χ1v) is 10.2. The van der Waals surface area contributed by atoms with Gasteiger partial charge in [0.2, 0.25) is 0 Å². The molecule has 0 radical (unpaired) electrons. The minimum Gasteiger partial charge on any atom is -0.357 e. The summed E-state index contributed by atoms with van der Waals surface area (Å²) in [5.74, 6) is 0.888. The van der Waals surface area contributed by atoms with E-state index in [1.54, 1.807) is 11.3 Å².